The highest BCUT2D eigenvalue weighted by Gasteiger charge is 2.19. The van der Waals surface area contributed by atoms with Crippen LogP contribution in [0.4, 0.5) is 0 Å². The van der Waals surface area contributed by atoms with Crippen LogP contribution in [0.3, 0.4) is 0 Å². The summed E-state index contributed by atoms with van der Waals surface area (Å²) in [4.78, 5) is 36.9. The van der Waals surface area contributed by atoms with Crippen molar-refractivity contribution in [3.05, 3.63) is 0 Å². The summed E-state index contributed by atoms with van der Waals surface area (Å²) >= 11 is 0. The number of carbonyl (C=O) groups is 3. The molecule has 0 rings (SSSR count). The maximum atomic E-state index is 12.5. The highest BCUT2D eigenvalue weighted by Crippen LogP contribution is 2.13. The van der Waals surface area contributed by atoms with E-state index in [9.17, 15) is 14.4 Å². The molecule has 0 amide bonds. The van der Waals surface area contributed by atoms with E-state index in [1.54, 1.807) is 0 Å². The van der Waals surface area contributed by atoms with E-state index in [-0.39, 0.29) is 31.1 Å². The SMILES string of the molecule is CCCCCCCCCCCCC(=O)O[C@H](COC(=O)CCCCCCC)COC(=O)CCCCCCCCC. The van der Waals surface area contributed by atoms with Gasteiger partial charge in [-0.2, -0.15) is 0 Å². The van der Waals surface area contributed by atoms with E-state index in [0.717, 1.165) is 64.2 Å². The molecule has 0 spiro atoms. The van der Waals surface area contributed by atoms with Crippen molar-refractivity contribution < 1.29 is 28.6 Å². The van der Waals surface area contributed by atoms with Gasteiger partial charge in [0.25, 0.3) is 0 Å². The number of rotatable bonds is 30. The highest BCUT2D eigenvalue weighted by molar-refractivity contribution is 5.71. The minimum absolute atomic E-state index is 0.0666. The molecule has 1 atom stereocenters. The Morgan fingerprint density at radius 3 is 1.00 bits per heavy atom. The second-order valence-electron chi connectivity index (χ2n) is 11.4. The van der Waals surface area contributed by atoms with Gasteiger partial charge in [0.15, 0.2) is 6.10 Å². The largest absolute Gasteiger partial charge is 0.462 e. The summed E-state index contributed by atoms with van der Waals surface area (Å²) in [6.07, 6.45) is 25.5. The van der Waals surface area contributed by atoms with Crippen molar-refractivity contribution in [2.24, 2.45) is 0 Å². The molecule has 0 heterocycles. The van der Waals surface area contributed by atoms with E-state index >= 15 is 0 Å². The fourth-order valence-electron chi connectivity index (χ4n) is 4.73. The first-order valence-electron chi connectivity index (χ1n) is 17.0. The summed E-state index contributed by atoms with van der Waals surface area (Å²) in [6.45, 7) is 6.47. The van der Waals surface area contributed by atoms with Crippen LogP contribution in [0.25, 0.3) is 0 Å². The number of carbonyl (C=O) groups excluding carboxylic acids is 3. The Bertz CT molecular complexity index is 591. The van der Waals surface area contributed by atoms with E-state index in [2.05, 4.69) is 20.8 Å². The zero-order chi connectivity index (χ0) is 29.5. The normalized spacial score (nSPS) is 11.8. The van der Waals surface area contributed by atoms with Crippen LogP contribution < -0.4 is 0 Å². The zero-order valence-corrected chi connectivity index (χ0v) is 26.6. The lowest BCUT2D eigenvalue weighted by atomic mass is 10.1. The van der Waals surface area contributed by atoms with Crippen molar-refractivity contribution in [1.29, 1.82) is 0 Å². The molecule has 0 N–H and O–H groups in total. The first kappa shape index (κ1) is 38.4. The smallest absolute Gasteiger partial charge is 0.306 e. The maximum Gasteiger partial charge on any atom is 0.306 e. The van der Waals surface area contributed by atoms with Gasteiger partial charge in [0.1, 0.15) is 13.2 Å². The molecular formula is C34H64O6. The van der Waals surface area contributed by atoms with E-state index in [0.29, 0.717) is 19.3 Å². The van der Waals surface area contributed by atoms with Crippen molar-refractivity contribution >= 4 is 17.9 Å². The van der Waals surface area contributed by atoms with Crippen LogP contribution in [0, 0.1) is 0 Å². The standard InChI is InChI=1S/C34H64O6/c1-4-7-10-13-15-16-17-19-22-25-28-34(37)40-31(29-38-32(35)26-23-20-12-9-6-3)30-39-33(36)27-24-21-18-14-11-8-5-2/h31H,4-30H2,1-3H3/t31-/m1/s1. The number of hydrogen-bond donors (Lipinski definition) is 0. The zero-order valence-electron chi connectivity index (χ0n) is 26.6. The molecule has 0 saturated carbocycles. The molecule has 0 unspecified atom stereocenters. The third kappa shape index (κ3) is 28.0. The molecule has 0 aliphatic carbocycles. The van der Waals surface area contributed by atoms with Crippen molar-refractivity contribution in [1.82, 2.24) is 0 Å². The summed E-state index contributed by atoms with van der Waals surface area (Å²) in [5, 5.41) is 0. The van der Waals surface area contributed by atoms with Crippen LogP contribution in [-0.4, -0.2) is 37.2 Å². The molecule has 0 aromatic rings. The fraction of sp³-hybridized carbons (Fsp3) is 0.912. The summed E-state index contributed by atoms with van der Waals surface area (Å²) < 4.78 is 16.4. The lowest BCUT2D eigenvalue weighted by Crippen LogP contribution is -2.30. The van der Waals surface area contributed by atoms with Crippen LogP contribution in [0.1, 0.15) is 181 Å². The topological polar surface area (TPSA) is 78.9 Å². The second-order valence-corrected chi connectivity index (χ2v) is 11.4. The lowest BCUT2D eigenvalue weighted by molar-refractivity contribution is -0.167. The van der Waals surface area contributed by atoms with Gasteiger partial charge in [-0.05, 0) is 19.3 Å². The van der Waals surface area contributed by atoms with Gasteiger partial charge in [0.2, 0.25) is 0 Å². The Morgan fingerprint density at radius 1 is 0.400 bits per heavy atom. The fourth-order valence-corrected chi connectivity index (χ4v) is 4.73. The average Bonchev–Trinajstić information content (AvgIpc) is 2.94. The Balaban J connectivity index is 4.32. The monoisotopic (exact) mass is 568 g/mol. The van der Waals surface area contributed by atoms with E-state index in [1.807, 2.05) is 0 Å². The van der Waals surface area contributed by atoms with Gasteiger partial charge in [-0.25, -0.2) is 0 Å². The number of hydrogen-bond acceptors (Lipinski definition) is 6. The molecule has 40 heavy (non-hydrogen) atoms. The Hall–Kier alpha value is -1.59. The summed E-state index contributed by atoms with van der Waals surface area (Å²) in [5.74, 6) is -0.892. The van der Waals surface area contributed by atoms with E-state index < -0.39 is 6.10 Å². The summed E-state index contributed by atoms with van der Waals surface area (Å²) in [5.41, 5.74) is 0. The van der Waals surface area contributed by atoms with Crippen molar-refractivity contribution in [3.63, 3.8) is 0 Å². The minimum Gasteiger partial charge on any atom is -0.462 e. The molecule has 0 bridgehead atoms. The Labute approximate surface area is 247 Å². The van der Waals surface area contributed by atoms with Gasteiger partial charge in [-0.15, -0.1) is 0 Å². The van der Waals surface area contributed by atoms with E-state index in [1.165, 1.54) is 77.0 Å². The van der Waals surface area contributed by atoms with Gasteiger partial charge < -0.3 is 14.2 Å². The van der Waals surface area contributed by atoms with Gasteiger partial charge in [0, 0.05) is 19.3 Å². The van der Waals surface area contributed by atoms with Gasteiger partial charge >= 0.3 is 17.9 Å². The van der Waals surface area contributed by atoms with Crippen LogP contribution >= 0.6 is 0 Å². The molecule has 6 heteroatoms. The molecule has 0 radical (unpaired) electrons. The minimum atomic E-state index is -0.752. The predicted molar refractivity (Wildman–Crippen MR) is 164 cm³/mol. The predicted octanol–water partition coefficient (Wildman–Crippen LogP) is 9.80. The maximum absolute atomic E-state index is 12.5. The molecule has 236 valence electrons. The molecule has 6 nitrogen and oxygen atoms in total. The van der Waals surface area contributed by atoms with Crippen LogP contribution in [0.5, 0.6) is 0 Å². The quantitative estimate of drug-likeness (QED) is 0.0487. The van der Waals surface area contributed by atoms with Crippen molar-refractivity contribution in [2.75, 3.05) is 13.2 Å². The van der Waals surface area contributed by atoms with Crippen LogP contribution in [0.2, 0.25) is 0 Å². The van der Waals surface area contributed by atoms with Crippen molar-refractivity contribution in [3.8, 4) is 0 Å². The molecule has 0 fully saturated rings. The summed E-state index contributed by atoms with van der Waals surface area (Å²) in [6, 6.07) is 0. The van der Waals surface area contributed by atoms with E-state index in [4.69, 9.17) is 14.2 Å². The molecule has 0 saturated heterocycles. The van der Waals surface area contributed by atoms with Gasteiger partial charge in [0.05, 0.1) is 0 Å². The van der Waals surface area contributed by atoms with Crippen LogP contribution in [-0.2, 0) is 28.6 Å². The number of unbranched alkanes of at least 4 members (excludes halogenated alkanes) is 19. The first-order valence-corrected chi connectivity index (χ1v) is 17.0. The average molecular weight is 569 g/mol. The molecule has 0 aliphatic heterocycles. The Morgan fingerprint density at radius 2 is 0.675 bits per heavy atom. The highest BCUT2D eigenvalue weighted by atomic mass is 16.6. The first-order chi connectivity index (χ1) is 19.5. The number of esters is 3. The van der Waals surface area contributed by atoms with Crippen molar-refractivity contribution in [2.45, 2.75) is 187 Å². The van der Waals surface area contributed by atoms with Crippen LogP contribution in [0.15, 0.2) is 0 Å². The molecule has 0 aromatic heterocycles. The molecule has 0 aliphatic rings. The second kappa shape index (κ2) is 30.4. The van der Waals surface area contributed by atoms with Gasteiger partial charge in [-0.1, -0.05) is 143 Å². The summed E-state index contributed by atoms with van der Waals surface area (Å²) in [7, 11) is 0. The number of ether oxygens (including phenoxy) is 3. The van der Waals surface area contributed by atoms with Gasteiger partial charge in [-0.3, -0.25) is 14.4 Å². The third-order valence-corrected chi connectivity index (χ3v) is 7.36. The molecule has 0 aromatic carbocycles. The Kier molecular flexibility index (Phi) is 29.2. The lowest BCUT2D eigenvalue weighted by Gasteiger charge is -2.18. The third-order valence-electron chi connectivity index (χ3n) is 7.36. The molecular weight excluding hydrogens is 504 g/mol.